The predicted molar refractivity (Wildman–Crippen MR) is 221 cm³/mol. The molecule has 0 bridgehead atoms. The lowest BCUT2D eigenvalue weighted by molar-refractivity contribution is 0.666. The Morgan fingerprint density at radius 2 is 0.944 bits per heavy atom. The summed E-state index contributed by atoms with van der Waals surface area (Å²) in [6.45, 7) is 0. The maximum atomic E-state index is 6.83. The first-order valence-corrected chi connectivity index (χ1v) is 18.2. The molecule has 12 aromatic rings. The van der Waals surface area contributed by atoms with E-state index in [0.717, 1.165) is 55.3 Å². The summed E-state index contributed by atoms with van der Waals surface area (Å²) in [4.78, 5) is 15.3. The number of nitrogens with zero attached hydrogens (tertiary/aromatic N) is 4. The molecule has 0 spiro atoms. The van der Waals surface area contributed by atoms with Gasteiger partial charge in [0.1, 0.15) is 5.58 Å². The Morgan fingerprint density at radius 1 is 0.370 bits per heavy atom. The van der Waals surface area contributed by atoms with Crippen molar-refractivity contribution in [2.75, 3.05) is 0 Å². The van der Waals surface area contributed by atoms with E-state index in [1.165, 1.54) is 43.1 Å². The van der Waals surface area contributed by atoms with Crippen molar-refractivity contribution in [1.29, 1.82) is 0 Å². The zero-order valence-corrected chi connectivity index (χ0v) is 28.9. The summed E-state index contributed by atoms with van der Waals surface area (Å²) in [6, 6.07) is 59.5. The van der Waals surface area contributed by atoms with Crippen LogP contribution in [0.2, 0.25) is 0 Å². The predicted octanol–water partition coefficient (Wildman–Crippen LogP) is 12.8. The third kappa shape index (κ3) is 4.12. The number of para-hydroxylation sites is 1. The number of furan rings is 1. The van der Waals surface area contributed by atoms with Crippen molar-refractivity contribution >= 4 is 76.1 Å². The lowest BCUT2D eigenvalue weighted by atomic mass is 9.91. The molecule has 0 aliphatic rings. The summed E-state index contributed by atoms with van der Waals surface area (Å²) in [6.07, 6.45) is 0. The number of aromatic nitrogens is 4. The molecule has 250 valence electrons. The van der Waals surface area contributed by atoms with Gasteiger partial charge in [-0.25, -0.2) is 15.0 Å². The molecular formula is C49H28N4O. The topological polar surface area (TPSA) is 56.7 Å². The molecule has 0 saturated heterocycles. The molecule has 3 aromatic heterocycles. The molecule has 0 radical (unpaired) electrons. The number of rotatable bonds is 4. The van der Waals surface area contributed by atoms with Crippen molar-refractivity contribution in [2.24, 2.45) is 0 Å². The zero-order valence-electron chi connectivity index (χ0n) is 28.9. The van der Waals surface area contributed by atoms with Crippen molar-refractivity contribution in [3.05, 3.63) is 170 Å². The third-order valence-electron chi connectivity index (χ3n) is 10.9. The summed E-state index contributed by atoms with van der Waals surface area (Å²) >= 11 is 0. The fourth-order valence-electron chi connectivity index (χ4n) is 8.62. The Kier molecular flexibility index (Phi) is 5.99. The van der Waals surface area contributed by atoms with Gasteiger partial charge in [0.25, 0.3) is 0 Å². The summed E-state index contributed by atoms with van der Waals surface area (Å²) in [5, 5.41) is 12.0. The molecule has 9 aromatic carbocycles. The van der Waals surface area contributed by atoms with E-state index >= 15 is 0 Å². The van der Waals surface area contributed by atoms with E-state index in [0.29, 0.717) is 17.5 Å². The van der Waals surface area contributed by atoms with Crippen LogP contribution in [0.25, 0.3) is 116 Å². The monoisotopic (exact) mass is 688 g/mol. The summed E-state index contributed by atoms with van der Waals surface area (Å²) in [5.74, 6) is 1.85. The van der Waals surface area contributed by atoms with Crippen LogP contribution in [-0.4, -0.2) is 19.5 Å². The second-order valence-electron chi connectivity index (χ2n) is 14.0. The highest BCUT2D eigenvalue weighted by Gasteiger charge is 2.25. The van der Waals surface area contributed by atoms with Gasteiger partial charge in [-0.1, -0.05) is 140 Å². The fraction of sp³-hybridized carbons (Fsp3) is 0. The Morgan fingerprint density at radius 3 is 1.69 bits per heavy atom. The Hall–Kier alpha value is -7.37. The van der Waals surface area contributed by atoms with Gasteiger partial charge in [0.15, 0.2) is 23.1 Å². The average Bonchev–Trinajstić information content (AvgIpc) is 3.79. The van der Waals surface area contributed by atoms with Gasteiger partial charge >= 0.3 is 0 Å². The van der Waals surface area contributed by atoms with E-state index < -0.39 is 0 Å². The molecule has 0 unspecified atom stereocenters. The highest BCUT2D eigenvalue weighted by atomic mass is 16.3. The minimum Gasteiger partial charge on any atom is -0.454 e. The van der Waals surface area contributed by atoms with Gasteiger partial charge in [0.2, 0.25) is 0 Å². The van der Waals surface area contributed by atoms with Crippen LogP contribution < -0.4 is 0 Å². The molecule has 0 aliphatic carbocycles. The SMILES string of the molecule is c1ccc(-c2nc(-c3ccccc3)nc(-c3cc(-n4c5cccc6c7ccccc7c7c8ccccc8cc4c7c65)c4oc5ccccc5c4c3)n2)cc1. The normalized spacial score (nSPS) is 12.1. The summed E-state index contributed by atoms with van der Waals surface area (Å²) in [5.41, 5.74) is 7.58. The van der Waals surface area contributed by atoms with E-state index in [2.05, 4.69) is 102 Å². The van der Waals surface area contributed by atoms with Crippen molar-refractivity contribution in [3.8, 4) is 39.9 Å². The van der Waals surface area contributed by atoms with Gasteiger partial charge in [-0.2, -0.15) is 0 Å². The quantitative estimate of drug-likeness (QED) is 0.173. The zero-order chi connectivity index (χ0) is 35.3. The first-order valence-electron chi connectivity index (χ1n) is 18.2. The van der Waals surface area contributed by atoms with Crippen LogP contribution in [0.15, 0.2) is 174 Å². The van der Waals surface area contributed by atoms with Crippen LogP contribution in [0.4, 0.5) is 0 Å². The Balaban J connectivity index is 1.24. The van der Waals surface area contributed by atoms with Crippen molar-refractivity contribution in [3.63, 3.8) is 0 Å². The van der Waals surface area contributed by atoms with Gasteiger partial charge in [-0.05, 0) is 57.3 Å². The maximum absolute atomic E-state index is 6.83. The van der Waals surface area contributed by atoms with Crippen LogP contribution >= 0.6 is 0 Å². The molecule has 3 heterocycles. The van der Waals surface area contributed by atoms with Gasteiger partial charge < -0.3 is 8.98 Å². The lowest BCUT2D eigenvalue weighted by Crippen LogP contribution is -2.01. The largest absolute Gasteiger partial charge is 0.454 e. The van der Waals surface area contributed by atoms with E-state index in [4.69, 9.17) is 19.4 Å². The molecule has 0 fully saturated rings. The molecule has 0 saturated carbocycles. The highest BCUT2D eigenvalue weighted by Crippen LogP contribution is 2.48. The van der Waals surface area contributed by atoms with Crippen LogP contribution in [0, 0.1) is 0 Å². The van der Waals surface area contributed by atoms with Crippen LogP contribution in [-0.2, 0) is 0 Å². The number of benzene rings is 9. The number of hydrogen-bond donors (Lipinski definition) is 0. The molecule has 0 amide bonds. The second-order valence-corrected chi connectivity index (χ2v) is 14.0. The Bertz CT molecular complexity index is 3370. The van der Waals surface area contributed by atoms with E-state index in [1.54, 1.807) is 0 Å². The minimum absolute atomic E-state index is 0.598. The number of hydrogen-bond acceptors (Lipinski definition) is 4. The van der Waals surface area contributed by atoms with Crippen molar-refractivity contribution < 1.29 is 4.42 Å². The minimum atomic E-state index is 0.598. The second kappa shape index (κ2) is 11.1. The standard InChI is InChI=1S/C49H28N4O/c1-3-14-29(15-4-1)47-50-48(30-16-5-2-6-17-30)52-49(51-47)32-26-38-35-21-11-12-25-42(35)54-46(38)41(28-32)53-39-24-13-23-37-34-20-9-10-22-36(34)43-33-19-8-7-18-31(33)27-40(53)45(43)44(37)39/h1-28H. The fourth-order valence-corrected chi connectivity index (χ4v) is 8.62. The summed E-state index contributed by atoms with van der Waals surface area (Å²) < 4.78 is 9.24. The van der Waals surface area contributed by atoms with Crippen LogP contribution in [0.5, 0.6) is 0 Å². The maximum Gasteiger partial charge on any atom is 0.164 e. The van der Waals surface area contributed by atoms with Gasteiger partial charge in [0, 0.05) is 43.6 Å². The molecule has 54 heavy (non-hydrogen) atoms. The molecule has 0 atom stereocenters. The van der Waals surface area contributed by atoms with Crippen molar-refractivity contribution in [1.82, 2.24) is 19.5 Å². The highest BCUT2D eigenvalue weighted by molar-refractivity contribution is 6.39. The van der Waals surface area contributed by atoms with E-state index in [1.807, 2.05) is 72.8 Å². The molecule has 5 nitrogen and oxygen atoms in total. The van der Waals surface area contributed by atoms with E-state index in [-0.39, 0.29) is 0 Å². The third-order valence-corrected chi connectivity index (χ3v) is 10.9. The van der Waals surface area contributed by atoms with Crippen LogP contribution in [0.3, 0.4) is 0 Å². The molecule has 12 rings (SSSR count). The van der Waals surface area contributed by atoms with Gasteiger partial charge in [0.05, 0.1) is 16.7 Å². The van der Waals surface area contributed by atoms with Gasteiger partial charge in [-0.3, -0.25) is 0 Å². The smallest absolute Gasteiger partial charge is 0.164 e. The molecule has 0 N–H and O–H groups in total. The number of fused-ring (bicyclic) bond motifs is 8. The van der Waals surface area contributed by atoms with Crippen molar-refractivity contribution in [2.45, 2.75) is 0 Å². The average molecular weight is 689 g/mol. The first-order chi connectivity index (χ1) is 26.8. The molecule has 0 aliphatic heterocycles. The first kappa shape index (κ1) is 29.2. The van der Waals surface area contributed by atoms with Gasteiger partial charge in [-0.15, -0.1) is 0 Å². The summed E-state index contributed by atoms with van der Waals surface area (Å²) in [7, 11) is 0. The van der Waals surface area contributed by atoms with E-state index in [9.17, 15) is 0 Å². The molecule has 5 heteroatoms. The molecular weight excluding hydrogens is 661 g/mol. The Labute approximate surface area is 308 Å². The lowest BCUT2D eigenvalue weighted by Gasteiger charge is -2.13. The van der Waals surface area contributed by atoms with Crippen LogP contribution in [0.1, 0.15) is 0 Å².